The van der Waals surface area contributed by atoms with Gasteiger partial charge in [0.2, 0.25) is 0 Å². The van der Waals surface area contributed by atoms with E-state index < -0.39 is 5.97 Å². The zero-order valence-corrected chi connectivity index (χ0v) is 10.8. The lowest BCUT2D eigenvalue weighted by molar-refractivity contribution is 0.0697. The molecule has 3 aromatic rings. The van der Waals surface area contributed by atoms with Crippen LogP contribution in [0.1, 0.15) is 10.4 Å². The summed E-state index contributed by atoms with van der Waals surface area (Å²) in [6.45, 7) is 0. The highest BCUT2D eigenvalue weighted by atomic mass is 16.5. The molecule has 2 N–H and O–H groups in total. The molecular weight excluding hydrogens is 256 g/mol. The third kappa shape index (κ3) is 1.89. The van der Waals surface area contributed by atoms with Gasteiger partial charge in [-0.15, -0.1) is 0 Å². The maximum atomic E-state index is 11.4. The summed E-state index contributed by atoms with van der Waals surface area (Å²) in [6, 6.07) is 12.4. The topological polar surface area (TPSA) is 75.2 Å². The Kier molecular flexibility index (Phi) is 2.87. The first-order valence-corrected chi connectivity index (χ1v) is 6.06. The van der Waals surface area contributed by atoms with Crippen LogP contribution >= 0.6 is 0 Å². The molecule has 1 aromatic heterocycles. The summed E-state index contributed by atoms with van der Waals surface area (Å²) in [5.41, 5.74) is 2.25. The monoisotopic (exact) mass is 268 g/mol. The summed E-state index contributed by atoms with van der Waals surface area (Å²) in [4.78, 5) is 18.9. The predicted molar refractivity (Wildman–Crippen MR) is 75.0 cm³/mol. The van der Waals surface area contributed by atoms with Gasteiger partial charge in [-0.05, 0) is 24.3 Å². The lowest BCUT2D eigenvalue weighted by atomic mass is 10.1. The number of benzene rings is 2. The van der Waals surface area contributed by atoms with Crippen LogP contribution in [0.4, 0.5) is 0 Å². The van der Waals surface area contributed by atoms with Gasteiger partial charge in [-0.3, -0.25) is 0 Å². The number of nitrogens with zero attached hydrogens (tertiary/aromatic N) is 1. The minimum atomic E-state index is -1.01. The van der Waals surface area contributed by atoms with Crippen molar-refractivity contribution in [1.29, 1.82) is 0 Å². The number of hydrogen-bond donors (Lipinski definition) is 2. The second kappa shape index (κ2) is 4.70. The minimum Gasteiger partial charge on any atom is -0.496 e. The molecule has 20 heavy (non-hydrogen) atoms. The molecule has 5 heteroatoms. The fraction of sp³-hybridized carbons (Fsp3) is 0.0667. The first kappa shape index (κ1) is 12.2. The summed E-state index contributed by atoms with van der Waals surface area (Å²) < 4.78 is 5.26. The Morgan fingerprint density at radius 1 is 1.20 bits per heavy atom. The van der Waals surface area contributed by atoms with E-state index in [1.807, 2.05) is 24.3 Å². The Balaban J connectivity index is 2.29. The number of aromatic amines is 1. The van der Waals surface area contributed by atoms with Crippen LogP contribution in [0.5, 0.6) is 5.75 Å². The van der Waals surface area contributed by atoms with E-state index in [0.29, 0.717) is 17.1 Å². The third-order valence-electron chi connectivity index (χ3n) is 3.10. The minimum absolute atomic E-state index is 0.156. The average Bonchev–Trinajstić information content (AvgIpc) is 2.89. The summed E-state index contributed by atoms with van der Waals surface area (Å²) >= 11 is 0. The van der Waals surface area contributed by atoms with E-state index in [2.05, 4.69) is 9.97 Å². The standard InChI is InChI=1S/C15H12N2O3/c1-20-12-8-4-5-9(15(18)19)13(12)14-16-10-6-2-3-7-11(10)17-14/h2-8H,1H3,(H,16,17)(H,18,19). The van der Waals surface area contributed by atoms with E-state index in [0.717, 1.165) is 11.0 Å². The quantitative estimate of drug-likeness (QED) is 0.765. The smallest absolute Gasteiger partial charge is 0.336 e. The molecule has 0 radical (unpaired) electrons. The zero-order valence-electron chi connectivity index (χ0n) is 10.8. The number of aromatic carboxylic acids is 1. The van der Waals surface area contributed by atoms with E-state index in [1.165, 1.54) is 13.2 Å². The number of carboxylic acid groups (broad SMARTS) is 1. The fourth-order valence-corrected chi connectivity index (χ4v) is 2.19. The van der Waals surface area contributed by atoms with Crippen molar-refractivity contribution in [3.8, 4) is 17.1 Å². The SMILES string of the molecule is COc1cccc(C(=O)O)c1-c1nc2ccccc2[nH]1. The first-order chi connectivity index (χ1) is 9.70. The van der Waals surface area contributed by atoms with Crippen molar-refractivity contribution in [3.63, 3.8) is 0 Å². The average molecular weight is 268 g/mol. The predicted octanol–water partition coefficient (Wildman–Crippen LogP) is 2.94. The molecule has 1 heterocycles. The molecule has 0 amide bonds. The number of carboxylic acids is 1. The van der Waals surface area contributed by atoms with E-state index in [-0.39, 0.29) is 5.56 Å². The van der Waals surface area contributed by atoms with Gasteiger partial charge < -0.3 is 14.8 Å². The molecule has 5 nitrogen and oxygen atoms in total. The molecule has 0 aliphatic heterocycles. The van der Waals surface area contributed by atoms with Gasteiger partial charge >= 0.3 is 5.97 Å². The second-order valence-corrected chi connectivity index (χ2v) is 4.29. The fourth-order valence-electron chi connectivity index (χ4n) is 2.19. The number of hydrogen-bond acceptors (Lipinski definition) is 3. The highest BCUT2D eigenvalue weighted by Crippen LogP contribution is 2.32. The van der Waals surface area contributed by atoms with Crippen molar-refractivity contribution < 1.29 is 14.6 Å². The van der Waals surface area contributed by atoms with Crippen molar-refractivity contribution in [2.24, 2.45) is 0 Å². The van der Waals surface area contributed by atoms with Crippen LogP contribution < -0.4 is 4.74 Å². The van der Waals surface area contributed by atoms with Gasteiger partial charge in [0, 0.05) is 0 Å². The van der Waals surface area contributed by atoms with Crippen LogP contribution in [0.3, 0.4) is 0 Å². The summed E-state index contributed by atoms with van der Waals surface area (Å²) in [7, 11) is 1.51. The molecule has 0 aliphatic carbocycles. The van der Waals surface area contributed by atoms with Crippen molar-refractivity contribution in [1.82, 2.24) is 9.97 Å². The van der Waals surface area contributed by atoms with Crippen molar-refractivity contribution in [2.45, 2.75) is 0 Å². The molecule has 3 rings (SSSR count). The Bertz CT molecular complexity index is 760. The number of ether oxygens (including phenoxy) is 1. The number of fused-ring (bicyclic) bond motifs is 1. The maximum absolute atomic E-state index is 11.4. The van der Waals surface area contributed by atoms with Crippen LogP contribution in [-0.2, 0) is 0 Å². The Labute approximate surface area is 114 Å². The Morgan fingerprint density at radius 3 is 2.70 bits per heavy atom. The van der Waals surface area contributed by atoms with Crippen molar-refractivity contribution in [3.05, 3.63) is 48.0 Å². The summed E-state index contributed by atoms with van der Waals surface area (Å²) in [5, 5.41) is 9.32. The number of aromatic nitrogens is 2. The number of rotatable bonds is 3. The molecule has 0 fully saturated rings. The third-order valence-corrected chi connectivity index (χ3v) is 3.10. The number of nitrogens with one attached hydrogen (secondary N) is 1. The molecule has 0 atom stereocenters. The lowest BCUT2D eigenvalue weighted by Gasteiger charge is -2.08. The molecule has 0 spiro atoms. The van der Waals surface area contributed by atoms with E-state index in [4.69, 9.17) is 4.74 Å². The molecule has 0 unspecified atom stereocenters. The number of para-hydroxylation sites is 2. The largest absolute Gasteiger partial charge is 0.496 e. The van der Waals surface area contributed by atoms with Gasteiger partial charge in [0.25, 0.3) is 0 Å². The lowest BCUT2D eigenvalue weighted by Crippen LogP contribution is -2.02. The molecular formula is C15H12N2O3. The van der Waals surface area contributed by atoms with Gasteiger partial charge in [0.1, 0.15) is 11.6 Å². The van der Waals surface area contributed by atoms with Crippen LogP contribution in [0, 0.1) is 0 Å². The van der Waals surface area contributed by atoms with E-state index in [1.54, 1.807) is 12.1 Å². The number of methoxy groups -OCH3 is 1. The highest BCUT2D eigenvalue weighted by Gasteiger charge is 2.19. The molecule has 0 saturated heterocycles. The normalized spacial score (nSPS) is 10.7. The maximum Gasteiger partial charge on any atom is 0.336 e. The Morgan fingerprint density at radius 2 is 2.00 bits per heavy atom. The number of imidazole rings is 1. The Hall–Kier alpha value is -2.82. The molecule has 0 aliphatic rings. The molecule has 0 bridgehead atoms. The van der Waals surface area contributed by atoms with Gasteiger partial charge in [-0.2, -0.15) is 0 Å². The van der Waals surface area contributed by atoms with Crippen LogP contribution in [-0.4, -0.2) is 28.2 Å². The van der Waals surface area contributed by atoms with Gasteiger partial charge in [0.15, 0.2) is 0 Å². The molecule has 0 saturated carbocycles. The van der Waals surface area contributed by atoms with Gasteiger partial charge in [0.05, 0.1) is 29.3 Å². The summed E-state index contributed by atoms with van der Waals surface area (Å²) in [5.74, 6) is -0.0515. The van der Waals surface area contributed by atoms with Crippen molar-refractivity contribution in [2.75, 3.05) is 7.11 Å². The second-order valence-electron chi connectivity index (χ2n) is 4.29. The number of H-pyrrole nitrogens is 1. The first-order valence-electron chi connectivity index (χ1n) is 6.06. The van der Waals surface area contributed by atoms with E-state index >= 15 is 0 Å². The highest BCUT2D eigenvalue weighted by molar-refractivity contribution is 5.97. The van der Waals surface area contributed by atoms with Crippen LogP contribution in [0.2, 0.25) is 0 Å². The number of carbonyl (C=O) groups is 1. The van der Waals surface area contributed by atoms with E-state index in [9.17, 15) is 9.90 Å². The zero-order chi connectivity index (χ0) is 14.1. The van der Waals surface area contributed by atoms with Crippen molar-refractivity contribution >= 4 is 17.0 Å². The summed E-state index contributed by atoms with van der Waals surface area (Å²) in [6.07, 6.45) is 0. The van der Waals surface area contributed by atoms with Crippen LogP contribution in [0.15, 0.2) is 42.5 Å². The van der Waals surface area contributed by atoms with Gasteiger partial charge in [-0.1, -0.05) is 18.2 Å². The van der Waals surface area contributed by atoms with Gasteiger partial charge in [-0.25, -0.2) is 9.78 Å². The molecule has 100 valence electrons. The molecule has 2 aromatic carbocycles. The van der Waals surface area contributed by atoms with Crippen LogP contribution in [0.25, 0.3) is 22.4 Å².